The summed E-state index contributed by atoms with van der Waals surface area (Å²) in [5.41, 5.74) is 1.77. The number of hydrogen-bond donors (Lipinski definition) is 1. The van der Waals surface area contributed by atoms with E-state index in [1.807, 2.05) is 30.3 Å². The van der Waals surface area contributed by atoms with Crippen LogP contribution in [0.3, 0.4) is 0 Å². The van der Waals surface area contributed by atoms with Crippen LogP contribution in [0.5, 0.6) is 0 Å². The van der Waals surface area contributed by atoms with E-state index in [0.717, 1.165) is 24.1 Å². The summed E-state index contributed by atoms with van der Waals surface area (Å²) in [6.07, 6.45) is 2.18. The third-order valence-electron chi connectivity index (χ3n) is 2.99. The molecule has 0 atom stereocenters. The first-order chi connectivity index (χ1) is 8.74. The number of aromatic nitrogens is 2. The number of benzene rings is 1. The van der Waals surface area contributed by atoms with E-state index in [2.05, 4.69) is 9.97 Å². The molecule has 0 spiro atoms. The molecule has 2 aromatic rings. The molecule has 90 valence electrons. The van der Waals surface area contributed by atoms with Crippen LogP contribution < -0.4 is 0 Å². The third kappa shape index (κ3) is 2.09. The molecule has 3 rings (SSSR count). The Hall–Kier alpha value is -2.23. The Morgan fingerprint density at radius 3 is 2.50 bits per heavy atom. The van der Waals surface area contributed by atoms with Crippen LogP contribution in [0.1, 0.15) is 34.9 Å². The van der Waals surface area contributed by atoms with Gasteiger partial charge in [0.1, 0.15) is 0 Å². The molecule has 1 heterocycles. The van der Waals surface area contributed by atoms with E-state index in [0.29, 0.717) is 11.7 Å². The lowest BCUT2D eigenvalue weighted by atomic mass is 10.2. The van der Waals surface area contributed by atoms with Gasteiger partial charge in [0, 0.05) is 17.2 Å². The first-order valence-electron chi connectivity index (χ1n) is 5.92. The van der Waals surface area contributed by atoms with Crippen molar-refractivity contribution in [3.8, 4) is 11.4 Å². The molecule has 1 fully saturated rings. The molecule has 0 unspecified atom stereocenters. The van der Waals surface area contributed by atoms with Gasteiger partial charge in [0.25, 0.3) is 0 Å². The maximum absolute atomic E-state index is 11.1. The quantitative estimate of drug-likeness (QED) is 0.895. The fourth-order valence-corrected chi connectivity index (χ4v) is 1.88. The van der Waals surface area contributed by atoms with Gasteiger partial charge in [-0.3, -0.25) is 0 Å². The largest absolute Gasteiger partial charge is 0.477 e. The van der Waals surface area contributed by atoms with E-state index >= 15 is 0 Å². The summed E-state index contributed by atoms with van der Waals surface area (Å²) in [6, 6.07) is 11.1. The Morgan fingerprint density at radius 1 is 1.17 bits per heavy atom. The van der Waals surface area contributed by atoms with Crippen molar-refractivity contribution in [3.63, 3.8) is 0 Å². The summed E-state index contributed by atoms with van der Waals surface area (Å²) in [5, 5.41) is 9.09. The van der Waals surface area contributed by atoms with E-state index in [9.17, 15) is 4.79 Å². The Morgan fingerprint density at radius 2 is 1.89 bits per heavy atom. The first kappa shape index (κ1) is 10.9. The zero-order valence-corrected chi connectivity index (χ0v) is 9.71. The van der Waals surface area contributed by atoms with Crippen LogP contribution in [-0.4, -0.2) is 21.0 Å². The van der Waals surface area contributed by atoms with Gasteiger partial charge in [-0.05, 0) is 18.9 Å². The first-order valence-corrected chi connectivity index (χ1v) is 5.92. The van der Waals surface area contributed by atoms with Crippen molar-refractivity contribution in [2.45, 2.75) is 18.8 Å². The second-order valence-corrected chi connectivity index (χ2v) is 4.45. The molecule has 1 aliphatic carbocycles. The fourth-order valence-electron chi connectivity index (χ4n) is 1.88. The van der Waals surface area contributed by atoms with Crippen molar-refractivity contribution < 1.29 is 9.90 Å². The summed E-state index contributed by atoms with van der Waals surface area (Å²) in [5.74, 6) is -0.0950. The maximum atomic E-state index is 11.1. The molecule has 0 amide bonds. The topological polar surface area (TPSA) is 63.1 Å². The minimum Gasteiger partial charge on any atom is -0.477 e. The van der Waals surface area contributed by atoms with Gasteiger partial charge in [0.2, 0.25) is 0 Å². The average Bonchev–Trinajstić information content (AvgIpc) is 3.23. The molecule has 18 heavy (non-hydrogen) atoms. The van der Waals surface area contributed by atoms with Crippen LogP contribution in [-0.2, 0) is 0 Å². The Bertz CT molecular complexity index is 592. The number of carboxylic acids is 1. The van der Waals surface area contributed by atoms with Crippen molar-refractivity contribution in [2.24, 2.45) is 0 Å². The molecule has 4 heteroatoms. The van der Waals surface area contributed by atoms with Crippen molar-refractivity contribution >= 4 is 5.97 Å². The normalized spacial score (nSPS) is 14.4. The molecule has 1 aromatic heterocycles. The zero-order chi connectivity index (χ0) is 12.5. The predicted octanol–water partition coefficient (Wildman–Crippen LogP) is 2.72. The van der Waals surface area contributed by atoms with Crippen LogP contribution in [0.4, 0.5) is 0 Å². The van der Waals surface area contributed by atoms with Gasteiger partial charge in [0.05, 0.1) is 0 Å². The Labute approximate surface area is 104 Å². The number of aromatic carboxylic acids is 1. The van der Waals surface area contributed by atoms with Gasteiger partial charge in [-0.25, -0.2) is 14.8 Å². The standard InChI is InChI=1S/C14H12N2O2/c17-14(18)12-8-11(9-6-7-9)15-13(16-12)10-4-2-1-3-5-10/h1-5,8-9H,6-7H2,(H,17,18). The highest BCUT2D eigenvalue weighted by molar-refractivity contribution is 5.86. The number of rotatable bonds is 3. The average molecular weight is 240 g/mol. The second kappa shape index (κ2) is 4.22. The zero-order valence-electron chi connectivity index (χ0n) is 9.71. The lowest BCUT2D eigenvalue weighted by Gasteiger charge is -2.05. The molecule has 0 aliphatic heterocycles. The van der Waals surface area contributed by atoms with Gasteiger partial charge in [-0.15, -0.1) is 0 Å². The van der Waals surface area contributed by atoms with Crippen molar-refractivity contribution in [1.29, 1.82) is 0 Å². The molecule has 1 saturated carbocycles. The molecule has 0 bridgehead atoms. The highest BCUT2D eigenvalue weighted by Gasteiger charge is 2.27. The predicted molar refractivity (Wildman–Crippen MR) is 66.4 cm³/mol. The van der Waals surface area contributed by atoms with Crippen LogP contribution >= 0.6 is 0 Å². The van der Waals surface area contributed by atoms with Crippen LogP contribution in [0, 0.1) is 0 Å². The summed E-state index contributed by atoms with van der Waals surface area (Å²) in [7, 11) is 0. The minimum absolute atomic E-state index is 0.0748. The van der Waals surface area contributed by atoms with E-state index in [1.165, 1.54) is 0 Å². The van der Waals surface area contributed by atoms with Gasteiger partial charge in [-0.1, -0.05) is 30.3 Å². The lowest BCUT2D eigenvalue weighted by molar-refractivity contribution is 0.0690. The molecule has 1 N–H and O–H groups in total. The maximum Gasteiger partial charge on any atom is 0.354 e. The summed E-state index contributed by atoms with van der Waals surface area (Å²) in [4.78, 5) is 19.7. The molecule has 1 aromatic carbocycles. The number of carboxylic acid groups (broad SMARTS) is 1. The molecule has 0 saturated heterocycles. The van der Waals surface area contributed by atoms with Gasteiger partial charge in [-0.2, -0.15) is 0 Å². The monoisotopic (exact) mass is 240 g/mol. The molecule has 1 aliphatic rings. The van der Waals surface area contributed by atoms with Crippen molar-refractivity contribution in [2.75, 3.05) is 0 Å². The highest BCUT2D eigenvalue weighted by atomic mass is 16.4. The molecular formula is C14H12N2O2. The van der Waals surface area contributed by atoms with Crippen molar-refractivity contribution in [1.82, 2.24) is 9.97 Å². The Kier molecular flexibility index (Phi) is 2.55. The molecule has 4 nitrogen and oxygen atoms in total. The van der Waals surface area contributed by atoms with E-state index < -0.39 is 5.97 Å². The smallest absolute Gasteiger partial charge is 0.354 e. The Balaban J connectivity index is 2.11. The highest BCUT2D eigenvalue weighted by Crippen LogP contribution is 2.39. The minimum atomic E-state index is -1.00. The van der Waals surface area contributed by atoms with Gasteiger partial charge >= 0.3 is 5.97 Å². The number of hydrogen-bond acceptors (Lipinski definition) is 3. The van der Waals surface area contributed by atoms with Crippen LogP contribution in [0.2, 0.25) is 0 Å². The SMILES string of the molecule is O=C(O)c1cc(C2CC2)nc(-c2ccccc2)n1. The second-order valence-electron chi connectivity index (χ2n) is 4.45. The summed E-state index contributed by atoms with van der Waals surface area (Å²) >= 11 is 0. The van der Waals surface area contributed by atoms with Gasteiger partial charge in [0.15, 0.2) is 11.5 Å². The number of carbonyl (C=O) groups is 1. The molecular weight excluding hydrogens is 228 g/mol. The van der Waals surface area contributed by atoms with Crippen molar-refractivity contribution in [3.05, 3.63) is 47.8 Å². The molecule has 0 radical (unpaired) electrons. The van der Waals surface area contributed by atoms with E-state index in [-0.39, 0.29) is 5.69 Å². The van der Waals surface area contributed by atoms with E-state index in [4.69, 9.17) is 5.11 Å². The summed E-state index contributed by atoms with van der Waals surface area (Å²) < 4.78 is 0. The van der Waals surface area contributed by atoms with Crippen LogP contribution in [0.25, 0.3) is 11.4 Å². The van der Waals surface area contributed by atoms with Gasteiger partial charge < -0.3 is 5.11 Å². The lowest BCUT2D eigenvalue weighted by Crippen LogP contribution is -2.05. The van der Waals surface area contributed by atoms with Crippen LogP contribution in [0.15, 0.2) is 36.4 Å². The third-order valence-corrected chi connectivity index (χ3v) is 2.99. The fraction of sp³-hybridized carbons (Fsp3) is 0.214. The summed E-state index contributed by atoms with van der Waals surface area (Å²) in [6.45, 7) is 0. The number of nitrogens with zero attached hydrogens (tertiary/aromatic N) is 2. The van der Waals surface area contributed by atoms with E-state index in [1.54, 1.807) is 6.07 Å².